The number of piperidine rings is 1. The van der Waals surface area contributed by atoms with Crippen LogP contribution in [0.4, 0.5) is 4.39 Å². The predicted octanol–water partition coefficient (Wildman–Crippen LogP) is 6.25. The Morgan fingerprint density at radius 3 is 2.35 bits per heavy atom. The molecule has 5 heteroatoms. The number of aryl methyl sites for hydroxylation is 1. The molecule has 4 nitrogen and oxygen atoms in total. The fourth-order valence-corrected chi connectivity index (χ4v) is 5.36. The first-order valence-electron chi connectivity index (χ1n) is 13.2. The second-order valence-electron chi connectivity index (χ2n) is 9.98. The predicted molar refractivity (Wildman–Crippen MR) is 146 cm³/mol. The second kappa shape index (κ2) is 11.6. The van der Waals surface area contributed by atoms with Crippen molar-refractivity contribution in [1.82, 2.24) is 14.8 Å². The van der Waals surface area contributed by atoms with Crippen LogP contribution in [0.5, 0.6) is 0 Å². The van der Waals surface area contributed by atoms with Crippen molar-refractivity contribution in [3.05, 3.63) is 126 Å². The van der Waals surface area contributed by atoms with Gasteiger partial charge in [0, 0.05) is 44.1 Å². The summed E-state index contributed by atoms with van der Waals surface area (Å²) in [4.78, 5) is 15.7. The molecule has 1 fully saturated rings. The molecule has 1 aliphatic heterocycles. The molecule has 2 heterocycles. The summed E-state index contributed by atoms with van der Waals surface area (Å²) in [6, 6.07) is 29.9. The lowest BCUT2D eigenvalue weighted by atomic mass is 9.80. The second-order valence-corrected chi connectivity index (χ2v) is 9.98. The van der Waals surface area contributed by atoms with Gasteiger partial charge in [-0.3, -0.25) is 9.69 Å². The molecule has 0 aliphatic carbocycles. The van der Waals surface area contributed by atoms with Gasteiger partial charge in [-0.25, -0.2) is 4.39 Å². The zero-order valence-corrected chi connectivity index (χ0v) is 21.2. The van der Waals surface area contributed by atoms with E-state index in [0.29, 0.717) is 24.8 Å². The lowest BCUT2D eigenvalue weighted by Crippen LogP contribution is -2.53. The fraction of sp³-hybridized carbons (Fsp3) is 0.281. The highest BCUT2D eigenvalue weighted by molar-refractivity contribution is 5.77. The summed E-state index contributed by atoms with van der Waals surface area (Å²) < 4.78 is 16.1. The normalized spacial score (nSPS) is 15.4. The molecule has 0 atom stereocenters. The lowest BCUT2D eigenvalue weighted by molar-refractivity contribution is -0.124. The molecule has 0 bridgehead atoms. The van der Waals surface area contributed by atoms with Crippen molar-refractivity contribution in [3.63, 3.8) is 0 Å². The fourth-order valence-electron chi connectivity index (χ4n) is 5.36. The first kappa shape index (κ1) is 25.0. The van der Waals surface area contributed by atoms with Crippen LogP contribution in [0.25, 0.3) is 5.69 Å². The summed E-state index contributed by atoms with van der Waals surface area (Å²) >= 11 is 0. The SMILES string of the molecule is O=C(CCCc1ccccc1F)NC1(c2cccc(-n3cccc3)c2)CCN(Cc2ccccc2)CC1. The molecule has 1 N–H and O–H groups in total. The van der Waals surface area contributed by atoms with Gasteiger partial charge in [0.1, 0.15) is 5.82 Å². The smallest absolute Gasteiger partial charge is 0.220 e. The topological polar surface area (TPSA) is 37.3 Å². The van der Waals surface area contributed by atoms with E-state index < -0.39 is 5.54 Å². The summed E-state index contributed by atoms with van der Waals surface area (Å²) in [5.74, 6) is -0.175. The van der Waals surface area contributed by atoms with Crippen molar-refractivity contribution in [3.8, 4) is 5.69 Å². The molecule has 0 radical (unpaired) electrons. The third-order valence-corrected chi connectivity index (χ3v) is 7.45. The molecule has 1 aromatic heterocycles. The van der Waals surface area contributed by atoms with Gasteiger partial charge in [0.05, 0.1) is 5.54 Å². The minimum Gasteiger partial charge on any atom is -0.346 e. The summed E-state index contributed by atoms with van der Waals surface area (Å²) in [6.07, 6.45) is 7.31. The molecule has 1 saturated heterocycles. The van der Waals surface area contributed by atoms with E-state index in [1.807, 2.05) is 36.7 Å². The zero-order chi connectivity index (χ0) is 25.5. The minimum atomic E-state index is -0.425. The monoisotopic (exact) mass is 495 g/mol. The highest BCUT2D eigenvalue weighted by Gasteiger charge is 2.37. The zero-order valence-electron chi connectivity index (χ0n) is 21.2. The molecule has 5 rings (SSSR count). The van der Waals surface area contributed by atoms with Crippen molar-refractivity contribution in [2.24, 2.45) is 0 Å². The van der Waals surface area contributed by atoms with Crippen LogP contribution in [0.2, 0.25) is 0 Å². The third-order valence-electron chi connectivity index (χ3n) is 7.45. The van der Waals surface area contributed by atoms with E-state index in [1.165, 1.54) is 11.6 Å². The van der Waals surface area contributed by atoms with E-state index in [9.17, 15) is 9.18 Å². The molecule has 1 aliphatic rings. The van der Waals surface area contributed by atoms with Crippen LogP contribution in [0.3, 0.4) is 0 Å². The van der Waals surface area contributed by atoms with E-state index in [0.717, 1.165) is 43.7 Å². The number of likely N-dealkylation sites (tertiary alicyclic amines) is 1. The highest BCUT2D eigenvalue weighted by Crippen LogP contribution is 2.35. The van der Waals surface area contributed by atoms with Gasteiger partial charge in [0.15, 0.2) is 0 Å². The van der Waals surface area contributed by atoms with Crippen LogP contribution in [-0.2, 0) is 23.3 Å². The van der Waals surface area contributed by atoms with Gasteiger partial charge < -0.3 is 9.88 Å². The van der Waals surface area contributed by atoms with E-state index >= 15 is 0 Å². The number of nitrogens with one attached hydrogen (secondary N) is 1. The number of aromatic nitrogens is 1. The standard InChI is InChI=1S/C32H34FN3O/c33-30-16-5-4-12-27(30)13-8-17-31(37)34-32(28-14-9-15-29(24-28)36-20-6-7-21-36)18-22-35(23-19-32)25-26-10-2-1-3-11-26/h1-7,9-12,14-16,20-21,24H,8,13,17-19,22-23,25H2,(H,34,37). The van der Waals surface area contributed by atoms with Crippen LogP contribution in [0, 0.1) is 5.82 Å². The van der Waals surface area contributed by atoms with Crippen molar-refractivity contribution in [2.75, 3.05) is 13.1 Å². The van der Waals surface area contributed by atoms with Gasteiger partial charge in [-0.05, 0) is 72.7 Å². The van der Waals surface area contributed by atoms with E-state index in [2.05, 4.69) is 63.3 Å². The Kier molecular flexibility index (Phi) is 7.81. The van der Waals surface area contributed by atoms with E-state index in [1.54, 1.807) is 12.1 Å². The number of amides is 1. The number of rotatable bonds is 9. The van der Waals surface area contributed by atoms with Crippen molar-refractivity contribution >= 4 is 5.91 Å². The van der Waals surface area contributed by atoms with E-state index in [4.69, 9.17) is 0 Å². The molecule has 3 aromatic carbocycles. The van der Waals surface area contributed by atoms with Crippen LogP contribution in [-0.4, -0.2) is 28.5 Å². The van der Waals surface area contributed by atoms with Crippen molar-refractivity contribution in [1.29, 1.82) is 0 Å². The van der Waals surface area contributed by atoms with Gasteiger partial charge in [-0.1, -0.05) is 60.7 Å². The Hall–Kier alpha value is -3.70. The third kappa shape index (κ3) is 6.17. The van der Waals surface area contributed by atoms with Crippen molar-refractivity contribution < 1.29 is 9.18 Å². The summed E-state index contributed by atoms with van der Waals surface area (Å²) in [7, 11) is 0. The van der Waals surface area contributed by atoms with Crippen LogP contribution >= 0.6 is 0 Å². The molecule has 1 amide bonds. The van der Waals surface area contributed by atoms with Crippen LogP contribution in [0.15, 0.2) is 103 Å². The molecular weight excluding hydrogens is 461 g/mol. The Morgan fingerprint density at radius 1 is 0.865 bits per heavy atom. The van der Waals surface area contributed by atoms with Gasteiger partial charge in [-0.2, -0.15) is 0 Å². The number of carbonyl (C=O) groups is 1. The summed E-state index contributed by atoms with van der Waals surface area (Å²) in [5.41, 5.74) is 3.77. The van der Waals surface area contributed by atoms with Gasteiger partial charge in [0.25, 0.3) is 0 Å². The molecule has 0 unspecified atom stereocenters. The maximum Gasteiger partial charge on any atom is 0.220 e. The molecule has 190 valence electrons. The van der Waals surface area contributed by atoms with Crippen LogP contribution < -0.4 is 5.32 Å². The Morgan fingerprint density at radius 2 is 1.59 bits per heavy atom. The molecule has 4 aromatic rings. The first-order chi connectivity index (χ1) is 18.1. The molecular formula is C32H34FN3O. The van der Waals surface area contributed by atoms with E-state index in [-0.39, 0.29) is 11.7 Å². The van der Waals surface area contributed by atoms with Gasteiger partial charge in [-0.15, -0.1) is 0 Å². The highest BCUT2D eigenvalue weighted by atomic mass is 19.1. The average molecular weight is 496 g/mol. The number of carbonyl (C=O) groups excluding carboxylic acids is 1. The Labute approximate surface area is 218 Å². The number of hydrogen-bond donors (Lipinski definition) is 1. The maximum absolute atomic E-state index is 14.0. The summed E-state index contributed by atoms with van der Waals surface area (Å²) in [6.45, 7) is 2.72. The minimum absolute atomic E-state index is 0.0271. The first-order valence-corrected chi connectivity index (χ1v) is 13.2. The lowest BCUT2D eigenvalue weighted by Gasteiger charge is -2.43. The van der Waals surface area contributed by atoms with Crippen molar-refractivity contribution in [2.45, 2.75) is 44.2 Å². The molecule has 37 heavy (non-hydrogen) atoms. The number of hydrogen-bond acceptors (Lipinski definition) is 2. The molecule has 0 spiro atoms. The average Bonchev–Trinajstić information content (AvgIpc) is 3.47. The Balaban J connectivity index is 1.31. The quantitative estimate of drug-likeness (QED) is 0.298. The Bertz CT molecular complexity index is 1290. The van der Waals surface area contributed by atoms with Crippen LogP contribution in [0.1, 0.15) is 42.4 Å². The largest absolute Gasteiger partial charge is 0.346 e. The van der Waals surface area contributed by atoms with Gasteiger partial charge >= 0.3 is 0 Å². The maximum atomic E-state index is 14.0. The molecule has 0 saturated carbocycles. The number of nitrogens with zero attached hydrogens (tertiary/aromatic N) is 2. The number of halogens is 1. The van der Waals surface area contributed by atoms with Gasteiger partial charge in [0.2, 0.25) is 5.91 Å². The summed E-state index contributed by atoms with van der Waals surface area (Å²) in [5, 5.41) is 3.44. The number of benzene rings is 3.